The highest BCUT2D eigenvalue weighted by molar-refractivity contribution is 9.09. The largest absolute Gasteiger partial charge is 0.512 e. The molecule has 0 aromatic rings. The number of alkyl halides is 1. The van der Waals surface area contributed by atoms with E-state index in [-0.39, 0.29) is 10.6 Å². The molecule has 0 amide bonds. The second-order valence-corrected chi connectivity index (χ2v) is 5.85. The molecule has 1 aliphatic rings. The lowest BCUT2D eigenvalue weighted by molar-refractivity contribution is 0.254. The van der Waals surface area contributed by atoms with E-state index in [9.17, 15) is 13.5 Å². The van der Waals surface area contributed by atoms with Gasteiger partial charge in [0.15, 0.2) is 0 Å². The van der Waals surface area contributed by atoms with Crippen molar-refractivity contribution in [1.82, 2.24) is 0 Å². The molecule has 1 rings (SSSR count). The fourth-order valence-corrected chi connectivity index (χ4v) is 2.82. The van der Waals surface area contributed by atoms with Gasteiger partial charge in [-0.1, -0.05) is 15.9 Å². The Morgan fingerprint density at radius 1 is 1.62 bits per heavy atom. The minimum Gasteiger partial charge on any atom is -0.512 e. The van der Waals surface area contributed by atoms with E-state index in [0.717, 1.165) is 6.26 Å². The van der Waals surface area contributed by atoms with Crippen molar-refractivity contribution in [2.45, 2.75) is 24.3 Å². The Morgan fingerprint density at radius 3 is 2.46 bits per heavy atom. The number of rotatable bonds is 2. The molecule has 0 aromatic carbocycles. The molecule has 6 heteroatoms. The second kappa shape index (κ2) is 3.59. The van der Waals surface area contributed by atoms with Crippen molar-refractivity contribution in [3.8, 4) is 0 Å². The van der Waals surface area contributed by atoms with Gasteiger partial charge in [0.2, 0.25) is 0 Å². The summed E-state index contributed by atoms with van der Waals surface area (Å²) in [5.74, 6) is 0.204. The van der Waals surface area contributed by atoms with Crippen molar-refractivity contribution in [1.29, 1.82) is 0 Å². The van der Waals surface area contributed by atoms with E-state index >= 15 is 0 Å². The molecule has 0 aliphatic heterocycles. The summed E-state index contributed by atoms with van der Waals surface area (Å²) in [5, 5.41) is 9.31. The zero-order chi connectivity index (χ0) is 10.2. The molecule has 0 radical (unpaired) electrons. The van der Waals surface area contributed by atoms with Gasteiger partial charge >= 0.3 is 0 Å². The van der Waals surface area contributed by atoms with Crippen molar-refractivity contribution in [3.05, 3.63) is 11.3 Å². The minimum absolute atomic E-state index is 0.165. The van der Waals surface area contributed by atoms with Crippen LogP contribution < -0.4 is 0 Å². The van der Waals surface area contributed by atoms with Crippen LogP contribution in [0, 0.1) is 0 Å². The first kappa shape index (κ1) is 11.0. The number of aliphatic hydroxyl groups is 1. The van der Waals surface area contributed by atoms with Crippen LogP contribution >= 0.6 is 15.9 Å². The number of aliphatic hydroxyl groups excluding tert-OH is 1. The Morgan fingerprint density at radius 2 is 2.15 bits per heavy atom. The van der Waals surface area contributed by atoms with E-state index in [2.05, 4.69) is 15.9 Å². The van der Waals surface area contributed by atoms with Crippen molar-refractivity contribution in [2.24, 2.45) is 0 Å². The Labute approximate surface area is 85.8 Å². The van der Waals surface area contributed by atoms with E-state index < -0.39 is 16.2 Å². The van der Waals surface area contributed by atoms with Crippen LogP contribution in [-0.4, -0.2) is 30.7 Å². The number of hydrogen-bond acceptors (Lipinski definition) is 4. The van der Waals surface area contributed by atoms with Gasteiger partial charge in [0.1, 0.15) is 6.10 Å². The third kappa shape index (κ3) is 2.69. The molecule has 2 atom stereocenters. The van der Waals surface area contributed by atoms with Crippen LogP contribution in [0.25, 0.3) is 0 Å². The highest BCUT2D eigenvalue weighted by atomic mass is 79.9. The third-order valence-corrected chi connectivity index (χ3v) is 3.24. The van der Waals surface area contributed by atoms with E-state index in [4.69, 9.17) is 4.18 Å². The number of hydrogen-bond donors (Lipinski definition) is 1. The van der Waals surface area contributed by atoms with Gasteiger partial charge in [-0.25, -0.2) is 0 Å². The molecule has 76 valence electrons. The lowest BCUT2D eigenvalue weighted by Crippen LogP contribution is -2.23. The SMILES string of the molecule is CC1=C(O)C[C@H](Br)[C@H]1OS(C)(=O)=O. The van der Waals surface area contributed by atoms with Gasteiger partial charge < -0.3 is 5.11 Å². The number of allylic oxidation sites excluding steroid dienone is 1. The summed E-state index contributed by atoms with van der Waals surface area (Å²) in [5.41, 5.74) is 0.576. The molecule has 0 unspecified atom stereocenters. The molecule has 0 heterocycles. The molecule has 0 spiro atoms. The molecular formula is C7H11BrO4S. The monoisotopic (exact) mass is 270 g/mol. The van der Waals surface area contributed by atoms with Crippen molar-refractivity contribution in [3.63, 3.8) is 0 Å². The van der Waals surface area contributed by atoms with Gasteiger partial charge in [0, 0.05) is 6.42 Å². The molecule has 1 N–H and O–H groups in total. The highest BCUT2D eigenvalue weighted by Crippen LogP contribution is 2.32. The van der Waals surface area contributed by atoms with E-state index in [0.29, 0.717) is 12.0 Å². The van der Waals surface area contributed by atoms with Crippen LogP contribution in [0.3, 0.4) is 0 Å². The van der Waals surface area contributed by atoms with Gasteiger partial charge in [-0.3, -0.25) is 4.18 Å². The standard InChI is InChI=1S/C7H11BrO4S/c1-4-6(9)3-5(8)7(4)12-13(2,10)11/h5,7,9H,3H2,1-2H3/t5-,7-/m0/s1. The lowest BCUT2D eigenvalue weighted by atomic mass is 10.2. The van der Waals surface area contributed by atoms with Gasteiger partial charge in [-0.2, -0.15) is 8.42 Å². The molecule has 0 fully saturated rings. The number of halogens is 1. The smallest absolute Gasteiger partial charge is 0.265 e. The molecule has 0 bridgehead atoms. The summed E-state index contributed by atoms with van der Waals surface area (Å²) in [6.45, 7) is 1.66. The predicted molar refractivity (Wildman–Crippen MR) is 52.4 cm³/mol. The summed E-state index contributed by atoms with van der Waals surface area (Å²) in [6.07, 6.45) is 0.830. The second-order valence-electron chi connectivity index (χ2n) is 3.07. The summed E-state index contributed by atoms with van der Waals surface area (Å²) < 4.78 is 26.5. The van der Waals surface area contributed by atoms with Crippen LogP contribution in [0.1, 0.15) is 13.3 Å². The molecular weight excluding hydrogens is 260 g/mol. The fraction of sp³-hybridized carbons (Fsp3) is 0.714. The Hall–Kier alpha value is -0.0700. The minimum atomic E-state index is -3.47. The third-order valence-electron chi connectivity index (χ3n) is 1.88. The quantitative estimate of drug-likeness (QED) is 0.608. The molecule has 4 nitrogen and oxygen atoms in total. The van der Waals surface area contributed by atoms with E-state index in [1.807, 2.05) is 0 Å². The summed E-state index contributed by atoms with van der Waals surface area (Å²) >= 11 is 3.25. The van der Waals surface area contributed by atoms with Crippen molar-refractivity contribution in [2.75, 3.05) is 6.26 Å². The first-order chi connectivity index (χ1) is 5.81. The highest BCUT2D eigenvalue weighted by Gasteiger charge is 2.34. The molecule has 13 heavy (non-hydrogen) atoms. The van der Waals surface area contributed by atoms with Crippen molar-refractivity contribution < 1.29 is 17.7 Å². The van der Waals surface area contributed by atoms with Crippen LogP contribution in [0.2, 0.25) is 0 Å². The Balaban J connectivity index is 2.82. The first-order valence-corrected chi connectivity index (χ1v) is 6.45. The summed E-state index contributed by atoms with van der Waals surface area (Å²) in [4.78, 5) is -0.165. The van der Waals surface area contributed by atoms with Crippen LogP contribution in [0.15, 0.2) is 11.3 Å². The topological polar surface area (TPSA) is 63.6 Å². The molecule has 1 aliphatic carbocycles. The normalized spacial score (nSPS) is 29.8. The van der Waals surface area contributed by atoms with Gasteiger partial charge in [0.05, 0.1) is 16.8 Å². The van der Waals surface area contributed by atoms with E-state index in [1.165, 1.54) is 0 Å². The van der Waals surface area contributed by atoms with Gasteiger partial charge in [-0.15, -0.1) is 0 Å². The fourth-order valence-electron chi connectivity index (χ4n) is 1.21. The Kier molecular flexibility index (Phi) is 3.04. The van der Waals surface area contributed by atoms with Gasteiger partial charge in [-0.05, 0) is 12.5 Å². The lowest BCUT2D eigenvalue weighted by Gasteiger charge is -2.14. The zero-order valence-electron chi connectivity index (χ0n) is 7.32. The molecule has 0 saturated carbocycles. The average molecular weight is 271 g/mol. The van der Waals surface area contributed by atoms with Crippen LogP contribution in [0.5, 0.6) is 0 Å². The average Bonchev–Trinajstić information content (AvgIpc) is 2.14. The van der Waals surface area contributed by atoms with Crippen molar-refractivity contribution >= 4 is 26.0 Å². The van der Waals surface area contributed by atoms with Crippen LogP contribution in [0.4, 0.5) is 0 Å². The first-order valence-electron chi connectivity index (χ1n) is 3.72. The predicted octanol–water partition coefficient (Wildman–Crippen LogP) is 1.33. The van der Waals surface area contributed by atoms with Crippen LogP contribution in [-0.2, 0) is 14.3 Å². The maximum atomic E-state index is 10.8. The maximum Gasteiger partial charge on any atom is 0.265 e. The zero-order valence-corrected chi connectivity index (χ0v) is 9.72. The molecule has 0 aromatic heterocycles. The van der Waals surface area contributed by atoms with Gasteiger partial charge in [0.25, 0.3) is 10.1 Å². The summed E-state index contributed by atoms with van der Waals surface area (Å²) in [6, 6.07) is 0. The maximum absolute atomic E-state index is 10.8. The molecule has 0 saturated heterocycles. The summed E-state index contributed by atoms with van der Waals surface area (Å²) in [7, 11) is -3.47. The van der Waals surface area contributed by atoms with E-state index in [1.54, 1.807) is 6.92 Å². The Bertz CT molecular complexity index is 332.